The molecule has 0 unspecified atom stereocenters. The molecule has 4 rings (SSSR count). The minimum absolute atomic E-state index is 0.0921. The zero-order valence-electron chi connectivity index (χ0n) is 19.5. The Balaban J connectivity index is 1.62. The number of phenols is 1. The van der Waals surface area contributed by atoms with Gasteiger partial charge in [0.25, 0.3) is 0 Å². The topological polar surface area (TPSA) is 139 Å². The van der Waals surface area contributed by atoms with Gasteiger partial charge in [-0.15, -0.1) is 0 Å². The Morgan fingerprint density at radius 1 is 1.05 bits per heavy atom. The monoisotopic (exact) mass is 521 g/mol. The van der Waals surface area contributed by atoms with Crippen LogP contribution in [0, 0.1) is 17.8 Å². The first-order chi connectivity index (χ1) is 17.5. The summed E-state index contributed by atoms with van der Waals surface area (Å²) in [4.78, 5) is 38.5. The second-order valence-electron chi connectivity index (χ2n) is 9.41. The first-order valence-corrected chi connectivity index (χ1v) is 11.6. The second kappa shape index (κ2) is 10.4. The van der Waals surface area contributed by atoms with Gasteiger partial charge >= 0.3 is 12.1 Å². The number of nitrogens with zero attached hydrogens (tertiary/aromatic N) is 1. The number of carbonyl (C=O) groups is 3. The highest BCUT2D eigenvalue weighted by Crippen LogP contribution is 2.36. The molecule has 37 heavy (non-hydrogen) atoms. The number of likely N-dealkylation sites (tertiary alicyclic amines) is 1. The van der Waals surface area contributed by atoms with Crippen LogP contribution in [0.25, 0.3) is 0 Å². The Hall–Kier alpha value is -3.64. The average molecular weight is 521 g/mol. The normalized spacial score (nSPS) is 20.9. The van der Waals surface area contributed by atoms with E-state index < -0.39 is 66.9 Å². The van der Waals surface area contributed by atoms with Crippen molar-refractivity contribution in [1.29, 1.82) is 0 Å². The summed E-state index contributed by atoms with van der Waals surface area (Å²) in [7, 11) is 0. The fourth-order valence-electron chi connectivity index (χ4n) is 5.21. The number of hydrogen-bond acceptors (Lipinski definition) is 6. The van der Waals surface area contributed by atoms with Gasteiger partial charge in [0.2, 0.25) is 11.8 Å². The van der Waals surface area contributed by atoms with E-state index >= 15 is 0 Å². The lowest BCUT2D eigenvalue weighted by atomic mass is 9.73. The highest BCUT2D eigenvalue weighted by Gasteiger charge is 2.51. The minimum atomic E-state index is -5.08. The van der Waals surface area contributed by atoms with Crippen molar-refractivity contribution >= 4 is 17.7 Å². The average Bonchev–Trinajstić information content (AvgIpc) is 3.13. The predicted octanol–water partition coefficient (Wildman–Crippen LogP) is 1.47. The lowest BCUT2D eigenvalue weighted by molar-refractivity contribution is -0.193. The lowest BCUT2D eigenvalue weighted by Crippen LogP contribution is -2.60. The van der Waals surface area contributed by atoms with Crippen LogP contribution in [0.3, 0.4) is 0 Å². The highest BCUT2D eigenvalue weighted by atomic mass is 19.4. The zero-order valence-corrected chi connectivity index (χ0v) is 19.5. The second-order valence-corrected chi connectivity index (χ2v) is 9.41. The Morgan fingerprint density at radius 2 is 1.76 bits per heavy atom. The van der Waals surface area contributed by atoms with Crippen LogP contribution in [0.4, 0.5) is 13.2 Å². The van der Waals surface area contributed by atoms with Crippen LogP contribution >= 0.6 is 0 Å². The number of carbonyl (C=O) groups excluding carboxylic acids is 3. The number of aliphatic hydroxyl groups excluding tert-OH is 1. The maximum Gasteiger partial charge on any atom is 0.471 e. The molecule has 0 aromatic heterocycles. The Kier molecular flexibility index (Phi) is 7.42. The molecule has 2 aromatic carbocycles. The number of alkyl halides is 3. The number of aromatic hydroxyl groups is 1. The quantitative estimate of drug-likeness (QED) is 0.276. The van der Waals surface area contributed by atoms with Gasteiger partial charge in [-0.05, 0) is 35.2 Å². The molecule has 1 saturated heterocycles. The zero-order chi connectivity index (χ0) is 26.9. The molecule has 1 aliphatic heterocycles. The molecule has 2 aromatic rings. The van der Waals surface area contributed by atoms with E-state index in [1.165, 1.54) is 23.7 Å². The van der Waals surface area contributed by atoms with E-state index in [0.717, 1.165) is 5.56 Å². The first-order valence-electron chi connectivity index (χ1n) is 11.6. The smallest absolute Gasteiger partial charge is 0.471 e. The van der Waals surface area contributed by atoms with E-state index in [0.29, 0.717) is 22.4 Å². The molecule has 0 radical (unpaired) electrons. The number of halogens is 3. The lowest BCUT2D eigenvalue weighted by Gasteiger charge is -2.44. The van der Waals surface area contributed by atoms with Crippen LogP contribution in [0.2, 0.25) is 0 Å². The number of phenolic OH excluding ortho intramolecular Hbond substituents is 1. The number of rotatable bonds is 7. The van der Waals surface area contributed by atoms with Crippen LogP contribution in [-0.2, 0) is 27.2 Å². The number of hydrogen-bond donors (Lipinski definition) is 5. The van der Waals surface area contributed by atoms with Crippen molar-refractivity contribution in [3.63, 3.8) is 0 Å². The molecule has 1 aliphatic carbocycles. The summed E-state index contributed by atoms with van der Waals surface area (Å²) in [5.74, 6) is -7.17. The third kappa shape index (κ3) is 5.54. The summed E-state index contributed by atoms with van der Waals surface area (Å²) in [6, 6.07) is 12.3. The summed E-state index contributed by atoms with van der Waals surface area (Å²) in [6.07, 6.45) is -5.82. The van der Waals surface area contributed by atoms with Gasteiger partial charge in [0.05, 0.1) is 24.0 Å². The molecule has 4 atom stereocenters. The molecule has 0 bridgehead atoms. The molecule has 1 heterocycles. The summed E-state index contributed by atoms with van der Waals surface area (Å²) >= 11 is 0. The summed E-state index contributed by atoms with van der Waals surface area (Å²) < 4.78 is 38.5. The van der Waals surface area contributed by atoms with Crippen LogP contribution in [-0.4, -0.2) is 63.4 Å². The molecule has 3 amide bonds. The molecule has 9 nitrogen and oxygen atoms in total. The van der Waals surface area contributed by atoms with Crippen molar-refractivity contribution in [2.45, 2.75) is 31.2 Å². The predicted molar refractivity (Wildman–Crippen MR) is 122 cm³/mol. The molecule has 0 spiro atoms. The van der Waals surface area contributed by atoms with E-state index in [2.05, 4.69) is 5.32 Å². The van der Waals surface area contributed by atoms with Gasteiger partial charge in [0.15, 0.2) is 0 Å². The number of amides is 3. The van der Waals surface area contributed by atoms with Gasteiger partial charge in [-0.2, -0.15) is 13.2 Å². The third-order valence-corrected chi connectivity index (χ3v) is 7.00. The molecule has 2 aliphatic rings. The fourth-order valence-corrected chi connectivity index (χ4v) is 5.21. The van der Waals surface area contributed by atoms with E-state index in [4.69, 9.17) is 0 Å². The van der Waals surface area contributed by atoms with E-state index in [1.807, 2.05) is 6.07 Å². The van der Waals surface area contributed by atoms with Gasteiger partial charge < -0.3 is 20.4 Å². The van der Waals surface area contributed by atoms with Crippen molar-refractivity contribution in [3.8, 4) is 5.75 Å². The van der Waals surface area contributed by atoms with Crippen LogP contribution in [0.1, 0.15) is 22.7 Å². The van der Waals surface area contributed by atoms with Gasteiger partial charge in [0, 0.05) is 25.4 Å². The van der Waals surface area contributed by atoms with E-state index in [1.54, 1.807) is 24.3 Å². The molecular weight excluding hydrogens is 495 g/mol. The van der Waals surface area contributed by atoms with Gasteiger partial charge in [-0.25, -0.2) is 5.48 Å². The molecule has 5 N–H and O–H groups in total. The van der Waals surface area contributed by atoms with Crippen molar-refractivity contribution in [2.24, 2.45) is 17.8 Å². The van der Waals surface area contributed by atoms with Crippen LogP contribution < -0.4 is 10.8 Å². The van der Waals surface area contributed by atoms with Gasteiger partial charge in [-0.3, -0.25) is 19.6 Å². The summed E-state index contributed by atoms with van der Waals surface area (Å²) in [6.45, 7) is -0.871. The molecule has 12 heteroatoms. The van der Waals surface area contributed by atoms with Crippen molar-refractivity contribution in [2.75, 3.05) is 13.1 Å². The maximum atomic E-state index is 13.6. The number of hydroxylamine groups is 1. The highest BCUT2D eigenvalue weighted by molar-refractivity contribution is 5.89. The van der Waals surface area contributed by atoms with Crippen molar-refractivity contribution in [1.82, 2.24) is 15.7 Å². The van der Waals surface area contributed by atoms with Crippen molar-refractivity contribution in [3.05, 3.63) is 65.2 Å². The Bertz CT molecular complexity index is 1180. The van der Waals surface area contributed by atoms with Crippen LogP contribution in [0.15, 0.2) is 48.5 Å². The largest absolute Gasteiger partial charge is 0.508 e. The SMILES string of the molecule is O=C(N[C@H]1c2ccccc2C[C@H]1O)[C@H](Cc1cccc(O)c1)[C@@H](C(=O)NO)C1CN(C(=O)C(F)(F)F)C1. The maximum absolute atomic E-state index is 13.6. The molecular formula is C25H26F3N3O6. The van der Waals surface area contributed by atoms with Crippen molar-refractivity contribution < 1.29 is 43.0 Å². The third-order valence-electron chi connectivity index (χ3n) is 7.00. The molecule has 1 fully saturated rings. The number of benzene rings is 2. The Morgan fingerprint density at radius 3 is 2.41 bits per heavy atom. The summed E-state index contributed by atoms with van der Waals surface area (Å²) in [5.41, 5.74) is 3.50. The number of fused-ring (bicyclic) bond motifs is 1. The Labute approximate surface area is 209 Å². The van der Waals surface area contributed by atoms with Gasteiger partial charge in [-0.1, -0.05) is 36.4 Å². The van der Waals surface area contributed by atoms with Gasteiger partial charge in [0.1, 0.15) is 5.75 Å². The molecule has 0 saturated carbocycles. The molecule has 198 valence electrons. The van der Waals surface area contributed by atoms with E-state index in [9.17, 15) is 43.0 Å². The number of aliphatic hydroxyl groups is 1. The van der Waals surface area contributed by atoms with Crippen LogP contribution in [0.5, 0.6) is 5.75 Å². The summed E-state index contributed by atoms with van der Waals surface area (Å²) in [5, 5.41) is 32.6. The minimum Gasteiger partial charge on any atom is -0.508 e. The van der Waals surface area contributed by atoms with E-state index in [-0.39, 0.29) is 12.2 Å². The standard InChI is InChI=1S/C25H26F3N3O6/c26-25(27,28)24(36)31-11-15(12-31)20(23(35)30-37)18(9-13-4-3-6-16(32)8-13)22(34)29-21-17-7-2-1-5-14(17)10-19(21)33/h1-8,15,18-21,32-33,37H,9-12H2,(H,29,34)(H,30,35)/t18-,19-,20+,21+/m1/s1. The number of nitrogens with one attached hydrogen (secondary N) is 2. The first kappa shape index (κ1) is 26.4. The fraction of sp³-hybridized carbons (Fsp3) is 0.400.